The Morgan fingerprint density at radius 3 is 2.08 bits per heavy atom. The van der Waals surface area contributed by atoms with Crippen molar-refractivity contribution in [3.63, 3.8) is 0 Å². The maximum absolute atomic E-state index is 10.7. The normalized spacial score (nSPS) is 14.2. The predicted molar refractivity (Wildman–Crippen MR) is 57.1 cm³/mol. The Morgan fingerprint density at radius 2 is 1.85 bits per heavy atom. The molecular formula is C9H19NO2S. The molecule has 1 atom stereocenters. The number of hydrogen-bond donors (Lipinski definition) is 3. The molecule has 0 fully saturated rings. The van der Waals surface area contributed by atoms with Crippen LogP contribution in [-0.4, -0.2) is 21.9 Å². The zero-order valence-electron chi connectivity index (χ0n) is 8.29. The molecule has 0 rings (SSSR count). The van der Waals surface area contributed by atoms with Crippen molar-refractivity contribution in [3.05, 3.63) is 0 Å². The number of hydrogen-bond acceptors (Lipinski definition) is 3. The topological polar surface area (TPSA) is 63.3 Å². The number of carboxylic acids is 1. The van der Waals surface area contributed by atoms with E-state index in [4.69, 9.17) is 10.8 Å². The molecule has 0 aromatic rings. The van der Waals surface area contributed by atoms with Crippen LogP contribution in [0.15, 0.2) is 0 Å². The van der Waals surface area contributed by atoms with Gasteiger partial charge in [0.2, 0.25) is 0 Å². The minimum atomic E-state index is -0.961. The van der Waals surface area contributed by atoms with Crippen LogP contribution < -0.4 is 5.73 Å². The van der Waals surface area contributed by atoms with Crippen molar-refractivity contribution in [1.82, 2.24) is 0 Å². The molecule has 0 aliphatic heterocycles. The second-order valence-corrected chi connectivity index (χ2v) is 4.31. The summed E-state index contributed by atoms with van der Waals surface area (Å²) in [7, 11) is 0. The fourth-order valence-electron chi connectivity index (χ4n) is 1.53. The van der Waals surface area contributed by atoms with Gasteiger partial charge in [-0.1, -0.05) is 26.7 Å². The highest BCUT2D eigenvalue weighted by Crippen LogP contribution is 2.29. The van der Waals surface area contributed by atoms with Crippen LogP contribution in [0.5, 0.6) is 0 Å². The van der Waals surface area contributed by atoms with Crippen LogP contribution in [0.1, 0.15) is 39.5 Å². The van der Waals surface area contributed by atoms with E-state index in [1.807, 2.05) is 13.8 Å². The Bertz CT molecular complexity index is 167. The predicted octanol–water partition coefficient (Wildman–Crippen LogP) is 1.67. The Kier molecular flexibility index (Phi) is 5.40. The third-order valence-electron chi connectivity index (χ3n) is 2.21. The summed E-state index contributed by atoms with van der Waals surface area (Å²) >= 11 is 4.41. The molecule has 0 radical (unpaired) electrons. The van der Waals surface area contributed by atoms with Gasteiger partial charge in [-0.15, -0.1) is 0 Å². The first-order chi connectivity index (χ1) is 5.98. The highest BCUT2D eigenvalue weighted by Gasteiger charge is 2.35. The largest absolute Gasteiger partial charge is 0.480 e. The second kappa shape index (κ2) is 5.50. The van der Waals surface area contributed by atoms with Crippen LogP contribution in [0.3, 0.4) is 0 Å². The van der Waals surface area contributed by atoms with Crippen LogP contribution >= 0.6 is 12.6 Å². The molecule has 0 saturated carbocycles. The van der Waals surface area contributed by atoms with E-state index in [2.05, 4.69) is 12.6 Å². The summed E-state index contributed by atoms with van der Waals surface area (Å²) in [5.74, 6) is -0.961. The summed E-state index contributed by atoms with van der Waals surface area (Å²) in [4.78, 5) is 10.7. The molecule has 0 amide bonds. The number of thiol groups is 1. The van der Waals surface area contributed by atoms with E-state index >= 15 is 0 Å². The summed E-state index contributed by atoms with van der Waals surface area (Å²) < 4.78 is -0.546. The fourth-order valence-corrected chi connectivity index (χ4v) is 2.09. The summed E-state index contributed by atoms with van der Waals surface area (Å²) in [5.41, 5.74) is 5.59. The third kappa shape index (κ3) is 3.56. The lowest BCUT2D eigenvalue weighted by atomic mass is 9.90. The van der Waals surface area contributed by atoms with Gasteiger partial charge < -0.3 is 10.8 Å². The lowest BCUT2D eigenvalue weighted by Crippen LogP contribution is -2.49. The molecule has 78 valence electrons. The van der Waals surface area contributed by atoms with Crippen molar-refractivity contribution in [2.45, 2.75) is 50.3 Å². The molecule has 0 aliphatic carbocycles. The summed E-state index contributed by atoms with van der Waals surface area (Å²) in [5, 5.41) is 8.80. The molecule has 3 N–H and O–H groups in total. The highest BCUT2D eigenvalue weighted by atomic mass is 32.1. The van der Waals surface area contributed by atoms with Crippen LogP contribution in [0.4, 0.5) is 0 Å². The molecule has 0 saturated heterocycles. The van der Waals surface area contributed by atoms with Gasteiger partial charge in [-0.3, -0.25) is 4.79 Å². The first-order valence-electron chi connectivity index (χ1n) is 4.68. The van der Waals surface area contributed by atoms with Crippen molar-refractivity contribution >= 4 is 18.6 Å². The molecule has 0 bridgehead atoms. The number of nitrogens with two attached hydrogens (primary N) is 1. The zero-order valence-corrected chi connectivity index (χ0v) is 9.18. The molecule has 3 nitrogen and oxygen atoms in total. The maximum atomic E-state index is 10.7. The van der Waals surface area contributed by atoms with Crippen LogP contribution in [0.2, 0.25) is 0 Å². The molecule has 0 aromatic heterocycles. The van der Waals surface area contributed by atoms with Crippen molar-refractivity contribution in [2.75, 3.05) is 0 Å². The van der Waals surface area contributed by atoms with E-state index in [9.17, 15) is 4.79 Å². The van der Waals surface area contributed by atoms with Crippen molar-refractivity contribution in [1.29, 1.82) is 0 Å². The van der Waals surface area contributed by atoms with Crippen LogP contribution in [0.25, 0.3) is 0 Å². The number of carboxylic acid groups (broad SMARTS) is 1. The van der Waals surface area contributed by atoms with E-state index in [-0.39, 0.29) is 0 Å². The number of rotatable bonds is 6. The van der Waals surface area contributed by atoms with Gasteiger partial charge in [0.1, 0.15) is 6.04 Å². The Hall–Kier alpha value is -0.220. The van der Waals surface area contributed by atoms with E-state index in [0.717, 1.165) is 25.7 Å². The van der Waals surface area contributed by atoms with Crippen LogP contribution in [-0.2, 0) is 4.79 Å². The number of aliphatic carboxylic acids is 1. The molecule has 0 heterocycles. The van der Waals surface area contributed by atoms with Gasteiger partial charge in [0.05, 0.1) is 0 Å². The average Bonchev–Trinajstić information content (AvgIpc) is 2.03. The minimum absolute atomic E-state index is 0.546. The van der Waals surface area contributed by atoms with Gasteiger partial charge in [-0.2, -0.15) is 12.6 Å². The summed E-state index contributed by atoms with van der Waals surface area (Å²) in [6, 6.07) is -0.865. The Balaban J connectivity index is 4.45. The van der Waals surface area contributed by atoms with Gasteiger partial charge >= 0.3 is 5.97 Å². The second-order valence-electron chi connectivity index (χ2n) is 3.42. The quantitative estimate of drug-likeness (QED) is 0.578. The average molecular weight is 205 g/mol. The molecule has 0 spiro atoms. The lowest BCUT2D eigenvalue weighted by molar-refractivity contribution is -0.139. The molecule has 13 heavy (non-hydrogen) atoms. The molecule has 0 aliphatic rings. The van der Waals surface area contributed by atoms with E-state index < -0.39 is 16.8 Å². The van der Waals surface area contributed by atoms with E-state index in [1.54, 1.807) is 0 Å². The molecule has 4 heteroatoms. The SMILES string of the molecule is CCCC(S)(CCC)C(N)C(=O)O. The molecule has 1 unspecified atom stereocenters. The summed E-state index contributed by atoms with van der Waals surface area (Å²) in [6.07, 6.45) is 3.31. The van der Waals surface area contributed by atoms with Gasteiger partial charge in [0, 0.05) is 4.75 Å². The first-order valence-corrected chi connectivity index (χ1v) is 5.13. The molecular weight excluding hydrogens is 186 g/mol. The Labute approximate surface area is 85.1 Å². The van der Waals surface area contributed by atoms with Gasteiger partial charge in [0.25, 0.3) is 0 Å². The van der Waals surface area contributed by atoms with E-state index in [1.165, 1.54) is 0 Å². The van der Waals surface area contributed by atoms with E-state index in [0.29, 0.717) is 0 Å². The number of carbonyl (C=O) groups is 1. The van der Waals surface area contributed by atoms with Crippen molar-refractivity contribution < 1.29 is 9.90 Å². The highest BCUT2D eigenvalue weighted by molar-refractivity contribution is 7.82. The smallest absolute Gasteiger partial charge is 0.321 e. The monoisotopic (exact) mass is 205 g/mol. The third-order valence-corrected chi connectivity index (χ3v) is 2.94. The van der Waals surface area contributed by atoms with Gasteiger partial charge in [-0.25, -0.2) is 0 Å². The summed E-state index contributed by atoms with van der Waals surface area (Å²) in [6.45, 7) is 4.02. The fraction of sp³-hybridized carbons (Fsp3) is 0.889. The van der Waals surface area contributed by atoms with Crippen molar-refractivity contribution in [2.24, 2.45) is 5.73 Å². The van der Waals surface area contributed by atoms with Crippen molar-refractivity contribution in [3.8, 4) is 0 Å². The first kappa shape index (κ1) is 12.8. The minimum Gasteiger partial charge on any atom is -0.480 e. The van der Waals surface area contributed by atoms with Gasteiger partial charge in [0.15, 0.2) is 0 Å². The maximum Gasteiger partial charge on any atom is 0.321 e. The van der Waals surface area contributed by atoms with Gasteiger partial charge in [-0.05, 0) is 12.8 Å². The van der Waals surface area contributed by atoms with Crippen LogP contribution in [0, 0.1) is 0 Å². The molecule has 0 aromatic carbocycles. The zero-order chi connectivity index (χ0) is 10.5. The standard InChI is InChI=1S/C9H19NO2S/c1-3-5-9(13,6-4-2)7(10)8(11)12/h7,13H,3-6,10H2,1-2H3,(H,11,12). The lowest BCUT2D eigenvalue weighted by Gasteiger charge is -2.31. The Morgan fingerprint density at radius 1 is 1.46 bits per heavy atom.